The molecule has 0 atom stereocenters. The van der Waals surface area contributed by atoms with Crippen LogP contribution in [0.1, 0.15) is 26.7 Å². The number of nitrogen functional groups attached to an aromatic ring is 1. The summed E-state index contributed by atoms with van der Waals surface area (Å²) in [4.78, 5) is 10.1. The summed E-state index contributed by atoms with van der Waals surface area (Å²) < 4.78 is 0. The van der Waals surface area contributed by atoms with E-state index in [1.54, 1.807) is 0 Å². The summed E-state index contributed by atoms with van der Waals surface area (Å²) in [5, 5.41) is 3.33. The van der Waals surface area contributed by atoms with Crippen molar-refractivity contribution < 1.29 is 0 Å². The normalized spacial score (nSPS) is 11.7. The smallest absolute Gasteiger partial charge is 0.201 e. The van der Waals surface area contributed by atoms with E-state index < -0.39 is 0 Å². The zero-order valence-electron chi connectivity index (χ0n) is 12.6. The molecule has 0 aliphatic rings. The number of hydrogen-bond acceptors (Lipinski definition) is 4. The molecule has 110 valence electrons. The highest BCUT2D eigenvalue weighted by atomic mass is 15.1. The monoisotopic (exact) mass is 275 g/mol. The molecule has 0 aliphatic carbocycles. The number of nitrogens with zero attached hydrogens (tertiary/aromatic N) is 2. The van der Waals surface area contributed by atoms with E-state index in [0.717, 1.165) is 42.2 Å². The number of unbranched alkanes of at least 4 members (excludes halogenated alkanes) is 1. The quantitative estimate of drug-likeness (QED) is 0.537. The van der Waals surface area contributed by atoms with Crippen LogP contribution in [0.2, 0.25) is 0 Å². The number of aromatic nitrogens is 2. The molecule has 2 rings (SSSR count). The van der Waals surface area contributed by atoms with E-state index in [4.69, 9.17) is 5.73 Å². The van der Waals surface area contributed by atoms with Crippen LogP contribution in [0.15, 0.2) is 18.2 Å². The van der Waals surface area contributed by atoms with Crippen LogP contribution in [-0.4, -0.2) is 41.0 Å². The van der Waals surface area contributed by atoms with Crippen molar-refractivity contribution in [2.24, 2.45) is 0 Å². The number of aromatic amines is 1. The van der Waals surface area contributed by atoms with Gasteiger partial charge in [-0.25, -0.2) is 4.98 Å². The van der Waals surface area contributed by atoms with E-state index >= 15 is 0 Å². The maximum absolute atomic E-state index is 5.75. The summed E-state index contributed by atoms with van der Waals surface area (Å²) in [6.07, 6.45) is 2.32. The molecule has 2 aromatic rings. The van der Waals surface area contributed by atoms with Crippen LogP contribution in [0.4, 0.5) is 11.6 Å². The van der Waals surface area contributed by atoms with Crippen LogP contribution in [0, 0.1) is 0 Å². The van der Waals surface area contributed by atoms with Crippen molar-refractivity contribution in [2.75, 3.05) is 31.2 Å². The van der Waals surface area contributed by atoms with E-state index in [1.807, 2.05) is 18.2 Å². The molecule has 0 spiro atoms. The molecule has 0 fully saturated rings. The fourth-order valence-electron chi connectivity index (χ4n) is 2.06. The summed E-state index contributed by atoms with van der Waals surface area (Å²) >= 11 is 0. The minimum absolute atomic E-state index is 0.615. The Labute approximate surface area is 120 Å². The Kier molecular flexibility index (Phi) is 4.84. The first kappa shape index (κ1) is 14.7. The van der Waals surface area contributed by atoms with Crippen LogP contribution in [0.3, 0.4) is 0 Å². The lowest BCUT2D eigenvalue weighted by Crippen LogP contribution is -2.27. The van der Waals surface area contributed by atoms with Crippen LogP contribution in [-0.2, 0) is 0 Å². The molecule has 1 aromatic heterocycles. The highest BCUT2D eigenvalue weighted by Gasteiger charge is 2.03. The molecule has 0 amide bonds. The van der Waals surface area contributed by atoms with Gasteiger partial charge in [0.1, 0.15) is 0 Å². The van der Waals surface area contributed by atoms with E-state index in [9.17, 15) is 0 Å². The van der Waals surface area contributed by atoms with Gasteiger partial charge in [0.25, 0.3) is 0 Å². The van der Waals surface area contributed by atoms with Crippen LogP contribution in [0.5, 0.6) is 0 Å². The second kappa shape index (κ2) is 6.61. The Morgan fingerprint density at radius 3 is 2.90 bits per heavy atom. The molecule has 0 bridgehead atoms. The topological polar surface area (TPSA) is 70.0 Å². The number of anilines is 2. The second-order valence-electron chi connectivity index (χ2n) is 5.57. The van der Waals surface area contributed by atoms with Crippen molar-refractivity contribution in [3.63, 3.8) is 0 Å². The van der Waals surface area contributed by atoms with Gasteiger partial charge in [0, 0.05) is 18.3 Å². The molecular formula is C15H25N5. The summed E-state index contributed by atoms with van der Waals surface area (Å²) in [5.74, 6) is 0.822. The fraction of sp³-hybridized carbons (Fsp3) is 0.533. The van der Waals surface area contributed by atoms with Gasteiger partial charge in [-0.15, -0.1) is 0 Å². The first-order chi connectivity index (χ1) is 9.56. The number of nitrogens with two attached hydrogens (primary N) is 1. The lowest BCUT2D eigenvalue weighted by Gasteiger charge is -2.20. The second-order valence-corrected chi connectivity index (χ2v) is 5.57. The van der Waals surface area contributed by atoms with Gasteiger partial charge in [-0.1, -0.05) is 0 Å². The molecule has 5 heteroatoms. The minimum atomic E-state index is 0.615. The Balaban J connectivity index is 1.76. The Morgan fingerprint density at radius 1 is 1.35 bits per heavy atom. The fourth-order valence-corrected chi connectivity index (χ4v) is 2.06. The largest absolute Gasteiger partial charge is 0.399 e. The summed E-state index contributed by atoms with van der Waals surface area (Å²) in [6, 6.07) is 6.33. The molecule has 0 aliphatic heterocycles. The van der Waals surface area contributed by atoms with Gasteiger partial charge >= 0.3 is 0 Å². The number of fused-ring (bicyclic) bond motifs is 1. The van der Waals surface area contributed by atoms with Crippen LogP contribution in [0.25, 0.3) is 11.0 Å². The number of hydrogen-bond donors (Lipinski definition) is 3. The molecule has 0 saturated heterocycles. The third kappa shape index (κ3) is 3.87. The molecule has 0 unspecified atom stereocenters. The summed E-state index contributed by atoms with van der Waals surface area (Å²) in [5.41, 5.74) is 8.43. The molecule has 5 nitrogen and oxygen atoms in total. The lowest BCUT2D eigenvalue weighted by molar-refractivity contribution is 0.269. The van der Waals surface area contributed by atoms with E-state index in [-0.39, 0.29) is 0 Å². The molecular weight excluding hydrogens is 250 g/mol. The number of imidazole rings is 1. The predicted molar refractivity (Wildman–Crippen MR) is 86.0 cm³/mol. The zero-order chi connectivity index (χ0) is 14.5. The van der Waals surface area contributed by atoms with Gasteiger partial charge in [0.05, 0.1) is 11.0 Å². The summed E-state index contributed by atoms with van der Waals surface area (Å²) in [7, 11) is 2.17. The third-order valence-corrected chi connectivity index (χ3v) is 3.62. The molecule has 0 radical (unpaired) electrons. The van der Waals surface area contributed by atoms with Crippen LogP contribution < -0.4 is 11.1 Å². The highest BCUT2D eigenvalue weighted by Crippen LogP contribution is 2.17. The summed E-state index contributed by atoms with van der Waals surface area (Å²) in [6.45, 7) is 6.51. The number of nitrogens with one attached hydrogen (secondary N) is 2. The standard InChI is InChI=1S/C15H25N5/c1-11(2)20(3)9-5-4-8-17-15-18-13-7-6-12(16)10-14(13)19-15/h6-7,10-11H,4-5,8-9,16H2,1-3H3,(H2,17,18,19). The molecule has 1 aromatic carbocycles. The predicted octanol–water partition coefficient (Wildman–Crippen LogP) is 2.68. The first-order valence-corrected chi connectivity index (χ1v) is 7.25. The number of benzene rings is 1. The minimum Gasteiger partial charge on any atom is -0.399 e. The van der Waals surface area contributed by atoms with Crippen molar-refractivity contribution in [2.45, 2.75) is 32.7 Å². The number of rotatable bonds is 7. The molecule has 4 N–H and O–H groups in total. The average Bonchev–Trinajstić information content (AvgIpc) is 2.79. The Morgan fingerprint density at radius 2 is 2.15 bits per heavy atom. The van der Waals surface area contributed by atoms with Gasteiger partial charge in [-0.2, -0.15) is 0 Å². The van der Waals surface area contributed by atoms with Crippen LogP contribution >= 0.6 is 0 Å². The maximum Gasteiger partial charge on any atom is 0.201 e. The lowest BCUT2D eigenvalue weighted by atomic mass is 10.2. The Bertz CT molecular complexity index is 546. The van der Waals surface area contributed by atoms with Gasteiger partial charge in [-0.05, 0) is 58.5 Å². The highest BCUT2D eigenvalue weighted by molar-refractivity contribution is 5.80. The maximum atomic E-state index is 5.75. The third-order valence-electron chi connectivity index (χ3n) is 3.62. The zero-order valence-corrected chi connectivity index (χ0v) is 12.6. The molecule has 0 saturated carbocycles. The van der Waals surface area contributed by atoms with Crippen molar-refractivity contribution >= 4 is 22.7 Å². The van der Waals surface area contributed by atoms with Gasteiger partial charge in [0.15, 0.2) is 0 Å². The van der Waals surface area contributed by atoms with E-state index in [1.165, 1.54) is 6.42 Å². The first-order valence-electron chi connectivity index (χ1n) is 7.25. The van der Waals surface area contributed by atoms with Crippen molar-refractivity contribution in [1.29, 1.82) is 0 Å². The van der Waals surface area contributed by atoms with Crippen molar-refractivity contribution in [3.8, 4) is 0 Å². The van der Waals surface area contributed by atoms with E-state index in [2.05, 4.69) is 41.1 Å². The van der Waals surface area contributed by atoms with Crippen molar-refractivity contribution in [3.05, 3.63) is 18.2 Å². The van der Waals surface area contributed by atoms with Gasteiger partial charge < -0.3 is 20.9 Å². The van der Waals surface area contributed by atoms with E-state index in [0.29, 0.717) is 6.04 Å². The Hall–Kier alpha value is -1.75. The SMILES string of the molecule is CC(C)N(C)CCCCNc1nc2ccc(N)cc2[nH]1. The average molecular weight is 275 g/mol. The molecule has 20 heavy (non-hydrogen) atoms. The van der Waals surface area contributed by atoms with Crippen molar-refractivity contribution in [1.82, 2.24) is 14.9 Å². The van der Waals surface area contributed by atoms with Gasteiger partial charge in [0.2, 0.25) is 5.95 Å². The molecule has 1 heterocycles. The number of H-pyrrole nitrogens is 1. The van der Waals surface area contributed by atoms with Gasteiger partial charge in [-0.3, -0.25) is 0 Å².